The quantitative estimate of drug-likeness (QED) is 0.816. The molecule has 0 aromatic heterocycles. The summed E-state index contributed by atoms with van der Waals surface area (Å²) < 4.78 is 49.9. The van der Waals surface area contributed by atoms with Crippen LogP contribution in [0.25, 0.3) is 0 Å². The number of nitrogens with one attached hydrogen (secondary N) is 1. The molecule has 0 saturated heterocycles. The third kappa shape index (κ3) is 2.25. The molecule has 0 radical (unpaired) electrons. The molecule has 1 aromatic rings. The Morgan fingerprint density at radius 1 is 1.24 bits per heavy atom. The first kappa shape index (κ1) is 11.9. The molecule has 6 heteroatoms. The van der Waals surface area contributed by atoms with Crippen LogP contribution in [0.2, 0.25) is 0 Å². The van der Waals surface area contributed by atoms with Crippen molar-refractivity contribution < 1.29 is 22.4 Å². The molecule has 0 spiro atoms. The van der Waals surface area contributed by atoms with Crippen LogP contribution in [0.15, 0.2) is 18.2 Å². The predicted octanol–water partition coefficient (Wildman–Crippen LogP) is 2.34. The summed E-state index contributed by atoms with van der Waals surface area (Å²) >= 11 is 0. The van der Waals surface area contributed by atoms with E-state index >= 15 is 0 Å². The standard InChI is InChI=1S/C11H9F4NO/c12-7-2-1-6(5-8(7)13)11(3-4-11)16-10(17)9(14)15/h1-2,5,9H,3-4H2,(H,16,17). The van der Waals surface area contributed by atoms with E-state index in [4.69, 9.17) is 0 Å². The van der Waals surface area contributed by atoms with E-state index in [1.807, 2.05) is 0 Å². The van der Waals surface area contributed by atoms with Crippen LogP contribution >= 0.6 is 0 Å². The number of hydrogen-bond donors (Lipinski definition) is 1. The maximum Gasteiger partial charge on any atom is 0.315 e. The van der Waals surface area contributed by atoms with Gasteiger partial charge in [-0.15, -0.1) is 0 Å². The van der Waals surface area contributed by atoms with Gasteiger partial charge in [-0.25, -0.2) is 8.78 Å². The van der Waals surface area contributed by atoms with Crippen molar-refractivity contribution in [3.8, 4) is 0 Å². The minimum Gasteiger partial charge on any atom is -0.342 e. The van der Waals surface area contributed by atoms with Gasteiger partial charge in [0, 0.05) is 0 Å². The molecule has 92 valence electrons. The molecule has 0 aliphatic heterocycles. The smallest absolute Gasteiger partial charge is 0.315 e. The Labute approximate surface area is 94.6 Å². The van der Waals surface area contributed by atoms with Crippen LogP contribution in [-0.4, -0.2) is 12.3 Å². The van der Waals surface area contributed by atoms with E-state index in [9.17, 15) is 22.4 Å². The zero-order valence-electron chi connectivity index (χ0n) is 8.64. The van der Waals surface area contributed by atoms with E-state index in [0.29, 0.717) is 18.4 Å². The van der Waals surface area contributed by atoms with Gasteiger partial charge in [0.05, 0.1) is 5.54 Å². The molecule has 0 bridgehead atoms. The SMILES string of the molecule is O=C(NC1(c2ccc(F)c(F)c2)CC1)C(F)F. The molecule has 0 heterocycles. The summed E-state index contributed by atoms with van der Waals surface area (Å²) in [6.07, 6.45) is -2.23. The summed E-state index contributed by atoms with van der Waals surface area (Å²) in [5, 5.41) is 2.15. The van der Waals surface area contributed by atoms with Crippen LogP contribution in [0, 0.1) is 11.6 Å². The van der Waals surface area contributed by atoms with Gasteiger partial charge in [-0.2, -0.15) is 8.78 Å². The number of amides is 1. The van der Waals surface area contributed by atoms with Crippen LogP contribution in [0.5, 0.6) is 0 Å². The molecular weight excluding hydrogens is 238 g/mol. The highest BCUT2D eigenvalue weighted by molar-refractivity contribution is 5.80. The molecular formula is C11H9F4NO. The lowest BCUT2D eigenvalue weighted by atomic mass is 10.0. The van der Waals surface area contributed by atoms with Gasteiger partial charge in [-0.3, -0.25) is 4.79 Å². The summed E-state index contributed by atoms with van der Waals surface area (Å²) in [6.45, 7) is 0. The van der Waals surface area contributed by atoms with Crippen molar-refractivity contribution in [2.45, 2.75) is 24.8 Å². The summed E-state index contributed by atoms with van der Waals surface area (Å²) in [5.74, 6) is -3.46. The minimum absolute atomic E-state index is 0.311. The van der Waals surface area contributed by atoms with Crippen molar-refractivity contribution in [1.82, 2.24) is 5.32 Å². The average Bonchev–Trinajstić information content (AvgIpc) is 3.03. The second-order valence-corrected chi connectivity index (χ2v) is 4.00. The Morgan fingerprint density at radius 3 is 2.35 bits per heavy atom. The first-order valence-electron chi connectivity index (χ1n) is 5.00. The van der Waals surface area contributed by atoms with Crippen molar-refractivity contribution in [3.05, 3.63) is 35.4 Å². The van der Waals surface area contributed by atoms with Gasteiger partial charge in [0.2, 0.25) is 0 Å². The summed E-state index contributed by atoms with van der Waals surface area (Å²) in [6, 6.07) is 3.13. The van der Waals surface area contributed by atoms with Crippen LogP contribution in [-0.2, 0) is 10.3 Å². The third-order valence-electron chi connectivity index (χ3n) is 2.78. The largest absolute Gasteiger partial charge is 0.342 e. The van der Waals surface area contributed by atoms with Crippen molar-refractivity contribution >= 4 is 5.91 Å². The molecule has 1 amide bonds. The lowest BCUT2D eigenvalue weighted by Crippen LogP contribution is -2.38. The van der Waals surface area contributed by atoms with Gasteiger partial charge in [-0.1, -0.05) is 6.07 Å². The van der Waals surface area contributed by atoms with Crippen molar-refractivity contribution in [2.24, 2.45) is 0 Å². The van der Waals surface area contributed by atoms with Crippen LogP contribution in [0.3, 0.4) is 0 Å². The van der Waals surface area contributed by atoms with E-state index in [2.05, 4.69) is 5.32 Å². The number of benzene rings is 1. The lowest BCUT2D eigenvalue weighted by Gasteiger charge is -2.17. The lowest BCUT2D eigenvalue weighted by molar-refractivity contribution is -0.132. The molecule has 0 unspecified atom stereocenters. The summed E-state index contributed by atoms with van der Waals surface area (Å²) in [4.78, 5) is 10.9. The molecule has 1 aliphatic rings. The second kappa shape index (κ2) is 4.01. The van der Waals surface area contributed by atoms with E-state index in [1.165, 1.54) is 6.07 Å². The normalized spacial score (nSPS) is 17.0. The molecule has 1 aliphatic carbocycles. The van der Waals surface area contributed by atoms with Gasteiger partial charge in [0.15, 0.2) is 11.6 Å². The monoisotopic (exact) mass is 247 g/mol. The van der Waals surface area contributed by atoms with Gasteiger partial charge in [0.1, 0.15) is 0 Å². The fourth-order valence-electron chi connectivity index (χ4n) is 1.70. The topological polar surface area (TPSA) is 29.1 Å². The van der Waals surface area contributed by atoms with Crippen molar-refractivity contribution in [2.75, 3.05) is 0 Å². The van der Waals surface area contributed by atoms with Gasteiger partial charge >= 0.3 is 6.43 Å². The number of carbonyl (C=O) groups excluding carboxylic acids is 1. The third-order valence-corrected chi connectivity index (χ3v) is 2.78. The fourth-order valence-corrected chi connectivity index (χ4v) is 1.70. The highest BCUT2D eigenvalue weighted by Crippen LogP contribution is 2.45. The number of halogens is 4. The number of alkyl halides is 2. The summed E-state index contributed by atoms with van der Waals surface area (Å²) in [5.41, 5.74) is -0.646. The zero-order chi connectivity index (χ0) is 12.6. The Bertz CT molecular complexity index is 457. The highest BCUT2D eigenvalue weighted by atomic mass is 19.3. The predicted molar refractivity (Wildman–Crippen MR) is 51.4 cm³/mol. The molecule has 0 atom stereocenters. The van der Waals surface area contributed by atoms with Crippen molar-refractivity contribution in [1.29, 1.82) is 0 Å². The Kier molecular flexibility index (Phi) is 2.81. The molecule has 1 N–H and O–H groups in total. The maximum atomic E-state index is 13.0. The molecule has 1 saturated carbocycles. The van der Waals surface area contributed by atoms with Crippen molar-refractivity contribution in [3.63, 3.8) is 0 Å². The van der Waals surface area contributed by atoms with Gasteiger partial charge in [-0.05, 0) is 30.5 Å². The Hall–Kier alpha value is -1.59. The number of rotatable bonds is 3. The average molecular weight is 247 g/mol. The van der Waals surface area contributed by atoms with Crippen LogP contribution in [0.4, 0.5) is 17.6 Å². The maximum absolute atomic E-state index is 13.0. The van der Waals surface area contributed by atoms with E-state index in [1.54, 1.807) is 0 Å². The molecule has 2 rings (SSSR count). The highest BCUT2D eigenvalue weighted by Gasteiger charge is 2.47. The Morgan fingerprint density at radius 2 is 1.88 bits per heavy atom. The van der Waals surface area contributed by atoms with E-state index < -0.39 is 29.5 Å². The first-order chi connectivity index (χ1) is 7.94. The fraction of sp³-hybridized carbons (Fsp3) is 0.364. The minimum atomic E-state index is -3.11. The summed E-state index contributed by atoms with van der Waals surface area (Å²) in [7, 11) is 0. The van der Waals surface area contributed by atoms with Crippen LogP contribution < -0.4 is 5.32 Å². The zero-order valence-corrected chi connectivity index (χ0v) is 8.64. The van der Waals surface area contributed by atoms with E-state index in [0.717, 1.165) is 12.1 Å². The van der Waals surface area contributed by atoms with Gasteiger partial charge in [0.25, 0.3) is 5.91 Å². The number of hydrogen-bond acceptors (Lipinski definition) is 1. The molecule has 1 aromatic carbocycles. The van der Waals surface area contributed by atoms with Gasteiger partial charge < -0.3 is 5.32 Å². The Balaban J connectivity index is 2.21. The molecule has 17 heavy (non-hydrogen) atoms. The molecule has 2 nitrogen and oxygen atoms in total. The van der Waals surface area contributed by atoms with Crippen LogP contribution in [0.1, 0.15) is 18.4 Å². The first-order valence-corrected chi connectivity index (χ1v) is 5.00. The number of carbonyl (C=O) groups is 1. The van der Waals surface area contributed by atoms with E-state index in [-0.39, 0.29) is 0 Å². The second-order valence-electron chi connectivity index (χ2n) is 4.00. The molecule has 1 fully saturated rings.